The normalized spacial score (nSPS) is 20.9. The fourth-order valence-electron chi connectivity index (χ4n) is 4.42. The van der Waals surface area contributed by atoms with Crippen LogP contribution < -0.4 is 0 Å². The summed E-state index contributed by atoms with van der Waals surface area (Å²) in [5.74, 6) is 0.505. The van der Waals surface area contributed by atoms with Crippen LogP contribution in [0.2, 0.25) is 5.02 Å². The van der Waals surface area contributed by atoms with Gasteiger partial charge in [0.25, 0.3) is 0 Å². The Kier molecular flexibility index (Phi) is 5.31. The van der Waals surface area contributed by atoms with E-state index in [9.17, 15) is 9.59 Å². The fraction of sp³-hybridized carbons (Fsp3) is 0.391. The summed E-state index contributed by atoms with van der Waals surface area (Å²) >= 11 is 6.05. The van der Waals surface area contributed by atoms with Crippen molar-refractivity contribution in [3.8, 4) is 0 Å². The zero-order valence-electron chi connectivity index (χ0n) is 15.4. The van der Waals surface area contributed by atoms with E-state index in [1.165, 1.54) is 5.56 Å². The molecule has 4 heteroatoms. The molecule has 3 nitrogen and oxygen atoms in total. The Morgan fingerprint density at radius 1 is 1.00 bits per heavy atom. The molecule has 0 radical (unpaired) electrons. The van der Waals surface area contributed by atoms with Gasteiger partial charge in [0, 0.05) is 36.0 Å². The molecule has 0 bridgehead atoms. The topological polar surface area (TPSA) is 37.4 Å². The third-order valence-electron chi connectivity index (χ3n) is 5.99. The Morgan fingerprint density at radius 3 is 2.48 bits per heavy atom. The van der Waals surface area contributed by atoms with Crippen LogP contribution >= 0.6 is 11.6 Å². The Morgan fingerprint density at radius 2 is 1.74 bits per heavy atom. The third-order valence-corrected chi connectivity index (χ3v) is 6.23. The second-order valence-corrected chi connectivity index (χ2v) is 8.11. The number of aryl methyl sites for hydroxylation is 1. The van der Waals surface area contributed by atoms with Crippen molar-refractivity contribution < 1.29 is 9.59 Å². The monoisotopic (exact) mass is 381 g/mol. The lowest BCUT2D eigenvalue weighted by molar-refractivity contribution is -0.136. The van der Waals surface area contributed by atoms with Crippen LogP contribution in [0.4, 0.5) is 0 Å². The minimum absolute atomic E-state index is 0.0440. The summed E-state index contributed by atoms with van der Waals surface area (Å²) in [6.07, 6.45) is 3.77. The van der Waals surface area contributed by atoms with Gasteiger partial charge in [0.2, 0.25) is 5.91 Å². The predicted molar refractivity (Wildman–Crippen MR) is 107 cm³/mol. The van der Waals surface area contributed by atoms with Gasteiger partial charge in [-0.1, -0.05) is 48.0 Å². The molecule has 27 heavy (non-hydrogen) atoms. The highest BCUT2D eigenvalue weighted by Gasteiger charge is 2.32. The minimum Gasteiger partial charge on any atom is -0.342 e. The highest BCUT2D eigenvalue weighted by atomic mass is 35.5. The fourth-order valence-corrected chi connectivity index (χ4v) is 4.59. The van der Waals surface area contributed by atoms with Gasteiger partial charge in [-0.25, -0.2) is 0 Å². The first-order valence-corrected chi connectivity index (χ1v) is 10.1. The van der Waals surface area contributed by atoms with Crippen LogP contribution in [0.1, 0.15) is 53.1 Å². The maximum atomic E-state index is 13.1. The van der Waals surface area contributed by atoms with Crippen molar-refractivity contribution >= 4 is 23.3 Å². The zero-order valence-corrected chi connectivity index (χ0v) is 16.1. The number of amides is 1. The first-order chi connectivity index (χ1) is 13.1. The molecule has 140 valence electrons. The van der Waals surface area contributed by atoms with Crippen LogP contribution in [0.3, 0.4) is 0 Å². The number of nitrogens with zero attached hydrogens (tertiary/aromatic N) is 1. The first kappa shape index (κ1) is 18.2. The zero-order chi connectivity index (χ0) is 18.8. The predicted octanol–water partition coefficient (Wildman–Crippen LogP) is 4.88. The van der Waals surface area contributed by atoms with E-state index in [0.717, 1.165) is 44.3 Å². The maximum Gasteiger partial charge on any atom is 0.226 e. The smallest absolute Gasteiger partial charge is 0.226 e. The number of benzene rings is 2. The molecule has 0 saturated carbocycles. The molecule has 1 amide bonds. The Bertz CT molecular complexity index is 841. The van der Waals surface area contributed by atoms with Gasteiger partial charge in [-0.05, 0) is 54.9 Å². The van der Waals surface area contributed by atoms with Crippen LogP contribution in [0.5, 0.6) is 0 Å². The van der Waals surface area contributed by atoms with Gasteiger partial charge in [0.15, 0.2) is 5.78 Å². The summed E-state index contributed by atoms with van der Waals surface area (Å²) in [6, 6.07) is 16.0. The molecule has 1 fully saturated rings. The minimum atomic E-state index is -0.211. The second kappa shape index (κ2) is 7.85. The number of fused-ring (bicyclic) bond motifs is 1. The second-order valence-electron chi connectivity index (χ2n) is 7.67. The summed E-state index contributed by atoms with van der Waals surface area (Å²) in [4.78, 5) is 27.7. The van der Waals surface area contributed by atoms with E-state index >= 15 is 0 Å². The molecule has 0 N–H and O–H groups in total. The van der Waals surface area contributed by atoms with E-state index in [1.807, 2.05) is 23.1 Å². The molecule has 1 aliphatic heterocycles. The molecule has 2 aromatic carbocycles. The number of Topliss-reactive ketones (excluding diaryl/α,β-unsaturated/α-hetero) is 1. The van der Waals surface area contributed by atoms with Gasteiger partial charge in [-0.15, -0.1) is 0 Å². The van der Waals surface area contributed by atoms with Gasteiger partial charge in [0.05, 0.1) is 0 Å². The quantitative estimate of drug-likeness (QED) is 0.695. The first-order valence-electron chi connectivity index (χ1n) is 9.77. The number of hydrogen-bond acceptors (Lipinski definition) is 2. The molecule has 1 unspecified atom stereocenters. The van der Waals surface area contributed by atoms with E-state index in [1.54, 1.807) is 6.07 Å². The number of carbonyl (C=O) groups excluding carboxylic acids is 2. The van der Waals surface area contributed by atoms with E-state index in [4.69, 9.17) is 11.6 Å². The maximum absolute atomic E-state index is 13.1. The molecule has 1 aliphatic carbocycles. The van der Waals surface area contributed by atoms with Crippen molar-refractivity contribution in [1.82, 2.24) is 4.90 Å². The SMILES string of the molecule is O=C1CC(C(=O)N2CCC(c3ccccc3)CC2)CCc2ccc(Cl)cc21. The highest BCUT2D eigenvalue weighted by molar-refractivity contribution is 6.31. The van der Waals surface area contributed by atoms with Crippen LogP contribution in [0, 0.1) is 5.92 Å². The molecule has 1 atom stereocenters. The summed E-state index contributed by atoms with van der Waals surface area (Å²) < 4.78 is 0. The van der Waals surface area contributed by atoms with E-state index in [2.05, 4.69) is 24.3 Å². The van der Waals surface area contributed by atoms with E-state index < -0.39 is 0 Å². The average Bonchev–Trinajstić information content (AvgIpc) is 2.87. The lowest BCUT2D eigenvalue weighted by Gasteiger charge is -2.34. The number of halogens is 1. The van der Waals surface area contributed by atoms with Crippen molar-refractivity contribution in [2.24, 2.45) is 5.92 Å². The molecular weight excluding hydrogens is 358 g/mol. The molecule has 0 spiro atoms. The summed E-state index contributed by atoms with van der Waals surface area (Å²) in [5.41, 5.74) is 3.07. The Labute approximate surface area is 165 Å². The van der Waals surface area contributed by atoms with Crippen molar-refractivity contribution in [2.45, 2.75) is 38.0 Å². The molecule has 4 rings (SSSR count). The van der Waals surface area contributed by atoms with Crippen LogP contribution in [-0.2, 0) is 11.2 Å². The van der Waals surface area contributed by atoms with Crippen LogP contribution in [0.15, 0.2) is 48.5 Å². The van der Waals surface area contributed by atoms with Crippen molar-refractivity contribution in [1.29, 1.82) is 0 Å². The van der Waals surface area contributed by atoms with Gasteiger partial charge in [-0.3, -0.25) is 9.59 Å². The third kappa shape index (κ3) is 3.93. The molecule has 2 aliphatic rings. The summed E-state index contributed by atoms with van der Waals surface area (Å²) in [7, 11) is 0. The number of piperidine rings is 1. The van der Waals surface area contributed by atoms with Crippen LogP contribution in [0.25, 0.3) is 0 Å². The standard InChI is InChI=1S/C23H24ClNO2/c24-20-9-8-18-6-7-19(14-22(26)21(18)15-20)23(27)25-12-10-17(11-13-25)16-4-2-1-3-5-16/h1-5,8-9,15,17,19H,6-7,10-14H2. The molecule has 2 aromatic rings. The van der Waals surface area contributed by atoms with E-state index in [0.29, 0.717) is 22.9 Å². The van der Waals surface area contributed by atoms with Gasteiger partial charge >= 0.3 is 0 Å². The molecule has 1 heterocycles. The lowest BCUT2D eigenvalue weighted by atomic mass is 9.88. The number of likely N-dealkylation sites (tertiary alicyclic amines) is 1. The largest absolute Gasteiger partial charge is 0.342 e. The highest BCUT2D eigenvalue weighted by Crippen LogP contribution is 2.31. The summed E-state index contributed by atoms with van der Waals surface area (Å²) in [5, 5.41) is 0.579. The number of ketones is 1. The molecular formula is C23H24ClNO2. The van der Waals surface area contributed by atoms with Crippen molar-refractivity contribution in [3.63, 3.8) is 0 Å². The lowest BCUT2D eigenvalue weighted by Crippen LogP contribution is -2.41. The average molecular weight is 382 g/mol. The van der Waals surface area contributed by atoms with Crippen LogP contribution in [-0.4, -0.2) is 29.7 Å². The van der Waals surface area contributed by atoms with Gasteiger partial charge in [-0.2, -0.15) is 0 Å². The van der Waals surface area contributed by atoms with Crippen molar-refractivity contribution in [2.75, 3.05) is 13.1 Å². The number of hydrogen-bond donors (Lipinski definition) is 0. The molecule has 0 aromatic heterocycles. The summed E-state index contributed by atoms with van der Waals surface area (Å²) in [6.45, 7) is 1.56. The Balaban J connectivity index is 1.40. The number of rotatable bonds is 2. The van der Waals surface area contributed by atoms with E-state index in [-0.39, 0.29) is 17.6 Å². The molecule has 1 saturated heterocycles. The van der Waals surface area contributed by atoms with Crippen molar-refractivity contribution in [3.05, 3.63) is 70.2 Å². The van der Waals surface area contributed by atoms with Gasteiger partial charge < -0.3 is 4.90 Å². The number of carbonyl (C=O) groups is 2. The van der Waals surface area contributed by atoms with Gasteiger partial charge in [0.1, 0.15) is 0 Å². The Hall–Kier alpha value is -2.13.